The molecule has 4 nitrogen and oxygen atoms in total. The molecular weight excluding hydrogens is 272 g/mol. The lowest BCUT2D eigenvalue weighted by Crippen LogP contribution is -2.48. The number of nitrogens with two attached hydrogens (primary N) is 2. The zero-order valence-corrected chi connectivity index (χ0v) is 13.6. The Morgan fingerprint density at radius 2 is 1.95 bits per heavy atom. The average Bonchev–Trinajstić information content (AvgIpc) is 3.00. The van der Waals surface area contributed by atoms with E-state index < -0.39 is 0 Å². The van der Waals surface area contributed by atoms with Crippen molar-refractivity contribution >= 4 is 5.69 Å². The van der Waals surface area contributed by atoms with Crippen molar-refractivity contribution in [3.8, 4) is 0 Å². The summed E-state index contributed by atoms with van der Waals surface area (Å²) in [4.78, 5) is 4.86. The van der Waals surface area contributed by atoms with Crippen LogP contribution in [0.4, 0.5) is 5.69 Å². The molecule has 1 saturated heterocycles. The third-order valence-corrected chi connectivity index (χ3v) is 4.85. The maximum Gasteiger partial charge on any atom is 0.0956 e. The monoisotopic (exact) mass is 300 g/mol. The van der Waals surface area contributed by atoms with Crippen LogP contribution in [-0.2, 0) is 12.8 Å². The SMILES string of the molecule is CCCCN1CC(=C(N)N)CN(c2ccc3c(c2)CCC3)C1. The van der Waals surface area contributed by atoms with Gasteiger partial charge in [0.15, 0.2) is 0 Å². The molecule has 0 saturated carbocycles. The molecule has 2 aliphatic rings. The van der Waals surface area contributed by atoms with Crippen molar-refractivity contribution < 1.29 is 0 Å². The molecule has 4 heteroatoms. The molecule has 0 bridgehead atoms. The second-order valence-electron chi connectivity index (χ2n) is 6.61. The van der Waals surface area contributed by atoms with Crippen LogP contribution in [0, 0.1) is 0 Å². The Bertz CT molecular complexity index is 560. The molecule has 1 aliphatic heterocycles. The van der Waals surface area contributed by atoms with Crippen LogP contribution < -0.4 is 16.4 Å². The van der Waals surface area contributed by atoms with Crippen molar-refractivity contribution in [3.05, 3.63) is 40.7 Å². The second-order valence-corrected chi connectivity index (χ2v) is 6.61. The van der Waals surface area contributed by atoms with Crippen LogP contribution in [0.3, 0.4) is 0 Å². The molecule has 3 rings (SSSR count). The highest BCUT2D eigenvalue weighted by atomic mass is 15.3. The second kappa shape index (κ2) is 6.61. The summed E-state index contributed by atoms with van der Waals surface area (Å²) in [5, 5.41) is 0. The first-order valence-electron chi connectivity index (χ1n) is 8.49. The first-order chi connectivity index (χ1) is 10.7. The van der Waals surface area contributed by atoms with Crippen molar-refractivity contribution in [3.63, 3.8) is 0 Å². The van der Waals surface area contributed by atoms with E-state index in [2.05, 4.69) is 34.9 Å². The summed E-state index contributed by atoms with van der Waals surface area (Å²) in [6, 6.07) is 6.94. The van der Waals surface area contributed by atoms with E-state index in [0.717, 1.165) is 31.9 Å². The summed E-state index contributed by atoms with van der Waals surface area (Å²) >= 11 is 0. The van der Waals surface area contributed by atoms with Gasteiger partial charge in [-0.15, -0.1) is 0 Å². The van der Waals surface area contributed by atoms with Gasteiger partial charge in [0.05, 0.1) is 12.5 Å². The first-order valence-corrected chi connectivity index (χ1v) is 8.49. The molecule has 4 N–H and O–H groups in total. The van der Waals surface area contributed by atoms with E-state index >= 15 is 0 Å². The minimum Gasteiger partial charge on any atom is -0.386 e. The molecule has 1 heterocycles. The number of fused-ring (bicyclic) bond motifs is 1. The maximum absolute atomic E-state index is 5.89. The van der Waals surface area contributed by atoms with E-state index in [1.807, 2.05) is 0 Å². The number of aryl methyl sites for hydroxylation is 2. The van der Waals surface area contributed by atoms with E-state index in [-0.39, 0.29) is 0 Å². The fourth-order valence-corrected chi connectivity index (χ4v) is 3.53. The Kier molecular flexibility index (Phi) is 4.57. The molecule has 0 radical (unpaired) electrons. The third kappa shape index (κ3) is 3.22. The Balaban J connectivity index is 1.80. The predicted octanol–water partition coefficient (Wildman–Crippen LogP) is 2.18. The lowest BCUT2D eigenvalue weighted by molar-refractivity contribution is 0.269. The summed E-state index contributed by atoms with van der Waals surface area (Å²) in [6.07, 6.45) is 6.18. The molecule has 22 heavy (non-hydrogen) atoms. The van der Waals surface area contributed by atoms with Crippen LogP contribution in [0.15, 0.2) is 29.6 Å². The summed E-state index contributed by atoms with van der Waals surface area (Å²) in [7, 11) is 0. The van der Waals surface area contributed by atoms with Crippen LogP contribution in [0.1, 0.15) is 37.3 Å². The van der Waals surface area contributed by atoms with Crippen LogP contribution in [-0.4, -0.2) is 31.2 Å². The standard InChI is InChI=1S/C18H28N4/c1-2-3-9-21-11-16(18(19)20)12-22(13-21)17-8-7-14-5-4-6-15(14)10-17/h7-8,10H,2-6,9,11-13,19-20H2,1H3. The van der Waals surface area contributed by atoms with Crippen LogP contribution >= 0.6 is 0 Å². The molecule has 0 unspecified atom stereocenters. The highest BCUT2D eigenvalue weighted by Crippen LogP contribution is 2.28. The molecule has 1 aromatic carbocycles. The molecule has 1 aromatic rings. The first kappa shape index (κ1) is 15.2. The number of benzene rings is 1. The minimum absolute atomic E-state index is 0.493. The molecule has 0 amide bonds. The summed E-state index contributed by atoms with van der Waals surface area (Å²) in [6.45, 7) is 6.06. The number of hydrogen-bond donors (Lipinski definition) is 2. The molecule has 0 atom stereocenters. The number of anilines is 1. The van der Waals surface area contributed by atoms with Gasteiger partial charge < -0.3 is 16.4 Å². The molecular formula is C18H28N4. The van der Waals surface area contributed by atoms with Gasteiger partial charge in [-0.2, -0.15) is 0 Å². The van der Waals surface area contributed by atoms with Gasteiger partial charge in [0.2, 0.25) is 0 Å². The Morgan fingerprint density at radius 3 is 2.73 bits per heavy atom. The Labute approximate surface area is 133 Å². The fraction of sp³-hybridized carbons (Fsp3) is 0.556. The Morgan fingerprint density at radius 1 is 1.14 bits per heavy atom. The Hall–Kier alpha value is -1.68. The summed E-state index contributed by atoms with van der Waals surface area (Å²) in [5.74, 6) is 0.493. The van der Waals surface area contributed by atoms with Gasteiger partial charge in [-0.3, -0.25) is 4.90 Å². The number of hydrogen-bond acceptors (Lipinski definition) is 4. The lowest BCUT2D eigenvalue weighted by Gasteiger charge is -2.39. The largest absolute Gasteiger partial charge is 0.386 e. The normalized spacial score (nSPS) is 18.6. The quantitative estimate of drug-likeness (QED) is 0.895. The van der Waals surface area contributed by atoms with Gasteiger partial charge >= 0.3 is 0 Å². The van der Waals surface area contributed by atoms with E-state index in [0.29, 0.717) is 5.82 Å². The molecule has 1 fully saturated rings. The van der Waals surface area contributed by atoms with Crippen LogP contribution in [0.25, 0.3) is 0 Å². The minimum atomic E-state index is 0.493. The smallest absolute Gasteiger partial charge is 0.0956 e. The van der Waals surface area contributed by atoms with E-state index in [9.17, 15) is 0 Å². The van der Waals surface area contributed by atoms with Crippen molar-refractivity contribution in [2.24, 2.45) is 11.5 Å². The van der Waals surface area contributed by atoms with E-state index in [4.69, 9.17) is 11.5 Å². The van der Waals surface area contributed by atoms with Crippen molar-refractivity contribution in [1.82, 2.24) is 4.90 Å². The van der Waals surface area contributed by atoms with Crippen molar-refractivity contribution in [2.75, 3.05) is 31.2 Å². The van der Waals surface area contributed by atoms with Crippen LogP contribution in [0.5, 0.6) is 0 Å². The van der Waals surface area contributed by atoms with Gasteiger partial charge in [0.1, 0.15) is 0 Å². The highest BCUT2D eigenvalue weighted by molar-refractivity contribution is 5.53. The van der Waals surface area contributed by atoms with Crippen molar-refractivity contribution in [2.45, 2.75) is 39.0 Å². The predicted molar refractivity (Wildman–Crippen MR) is 92.6 cm³/mol. The van der Waals surface area contributed by atoms with E-state index in [1.165, 1.54) is 48.9 Å². The number of unbranched alkanes of at least 4 members (excludes halogenated alkanes) is 1. The molecule has 1 aliphatic carbocycles. The number of nitrogens with zero attached hydrogens (tertiary/aromatic N) is 2. The fourth-order valence-electron chi connectivity index (χ4n) is 3.53. The third-order valence-electron chi connectivity index (χ3n) is 4.85. The van der Waals surface area contributed by atoms with Gasteiger partial charge in [-0.1, -0.05) is 19.4 Å². The average molecular weight is 300 g/mol. The zero-order valence-electron chi connectivity index (χ0n) is 13.6. The molecule has 0 aromatic heterocycles. The van der Waals surface area contributed by atoms with Gasteiger partial charge in [-0.05, 0) is 48.9 Å². The van der Waals surface area contributed by atoms with Crippen molar-refractivity contribution in [1.29, 1.82) is 0 Å². The summed E-state index contributed by atoms with van der Waals surface area (Å²) in [5.41, 5.74) is 17.3. The topological polar surface area (TPSA) is 58.5 Å². The number of rotatable bonds is 4. The zero-order chi connectivity index (χ0) is 15.5. The van der Waals surface area contributed by atoms with Crippen LogP contribution in [0.2, 0.25) is 0 Å². The highest BCUT2D eigenvalue weighted by Gasteiger charge is 2.23. The summed E-state index contributed by atoms with van der Waals surface area (Å²) < 4.78 is 0. The van der Waals surface area contributed by atoms with E-state index in [1.54, 1.807) is 0 Å². The van der Waals surface area contributed by atoms with Gasteiger partial charge in [0.25, 0.3) is 0 Å². The molecule has 0 spiro atoms. The van der Waals surface area contributed by atoms with Gasteiger partial charge in [0, 0.05) is 30.9 Å². The molecule has 120 valence electrons. The lowest BCUT2D eigenvalue weighted by atomic mass is 10.1. The van der Waals surface area contributed by atoms with Gasteiger partial charge in [-0.25, -0.2) is 0 Å². The maximum atomic E-state index is 5.89.